The number of rotatable bonds is 6. The largest absolute Gasteiger partial charge is 0.322 e. The molecule has 5 heteroatoms. The van der Waals surface area contributed by atoms with E-state index < -0.39 is 5.09 Å². The molecule has 0 rings (SSSR count). The highest BCUT2D eigenvalue weighted by Gasteiger charge is 1.93. The molecule has 0 aromatic rings. The van der Waals surface area contributed by atoms with Gasteiger partial charge in [0.1, 0.15) is 0 Å². The fraction of sp³-hybridized carbons (Fsp3) is 1.00. The SMILES string of the molecule is CCCCCOO[N+](=O)[O-]. The van der Waals surface area contributed by atoms with Crippen molar-refractivity contribution >= 4 is 0 Å². The molecule has 0 aliphatic rings. The van der Waals surface area contributed by atoms with Gasteiger partial charge < -0.3 is 0 Å². The van der Waals surface area contributed by atoms with E-state index in [-0.39, 0.29) is 6.61 Å². The number of hydrogen-bond donors (Lipinski definition) is 0. The molecule has 5 nitrogen and oxygen atoms in total. The van der Waals surface area contributed by atoms with Gasteiger partial charge in [0.15, 0.2) is 0 Å². The Labute approximate surface area is 59.0 Å². The minimum absolute atomic E-state index is 0.287. The molecule has 0 aromatic carbocycles. The smallest absolute Gasteiger partial charge is 0.199 e. The first-order valence-electron chi connectivity index (χ1n) is 3.21. The van der Waals surface area contributed by atoms with Gasteiger partial charge in [-0.1, -0.05) is 19.8 Å². The van der Waals surface area contributed by atoms with E-state index in [9.17, 15) is 10.1 Å². The van der Waals surface area contributed by atoms with Gasteiger partial charge in [-0.2, -0.15) is 4.89 Å². The highest BCUT2D eigenvalue weighted by atomic mass is 17.3. The van der Waals surface area contributed by atoms with Gasteiger partial charge in [-0.15, -0.1) is 15.1 Å². The summed E-state index contributed by atoms with van der Waals surface area (Å²) in [5, 5.41) is 8.52. The lowest BCUT2D eigenvalue weighted by atomic mass is 10.3. The Morgan fingerprint density at radius 2 is 2.20 bits per heavy atom. The molecule has 0 spiro atoms. The zero-order valence-electron chi connectivity index (χ0n) is 5.91. The zero-order valence-corrected chi connectivity index (χ0v) is 5.91. The van der Waals surface area contributed by atoms with Gasteiger partial charge in [-0.3, -0.25) is 0 Å². The average molecular weight is 149 g/mol. The maximum atomic E-state index is 9.49. The zero-order chi connectivity index (χ0) is 7.82. The molecule has 60 valence electrons. The molecule has 0 N–H and O–H groups in total. The van der Waals surface area contributed by atoms with E-state index in [0.717, 1.165) is 19.3 Å². The monoisotopic (exact) mass is 149 g/mol. The second kappa shape index (κ2) is 6.28. The normalized spacial score (nSPS) is 9.30. The number of unbranched alkanes of at least 4 members (excludes halogenated alkanes) is 2. The molecular formula is C5H11NO4. The van der Waals surface area contributed by atoms with E-state index in [4.69, 9.17) is 0 Å². The molecule has 0 heterocycles. The van der Waals surface area contributed by atoms with Crippen LogP contribution in [0.25, 0.3) is 0 Å². The van der Waals surface area contributed by atoms with Crippen molar-refractivity contribution in [2.75, 3.05) is 6.61 Å². The minimum atomic E-state index is -0.966. The van der Waals surface area contributed by atoms with Crippen LogP contribution in [-0.4, -0.2) is 11.7 Å². The minimum Gasteiger partial charge on any atom is -0.199 e. The predicted molar refractivity (Wildman–Crippen MR) is 33.6 cm³/mol. The summed E-state index contributed by atoms with van der Waals surface area (Å²) in [4.78, 5) is 17.3. The highest BCUT2D eigenvalue weighted by molar-refractivity contribution is 4.32. The summed E-state index contributed by atoms with van der Waals surface area (Å²) in [6, 6.07) is 0. The molecule has 0 amide bonds. The van der Waals surface area contributed by atoms with Gasteiger partial charge in [0.05, 0.1) is 6.61 Å². The standard InChI is InChI=1S/C5H11NO4/c1-2-3-4-5-9-10-6(7)8/h2-5H2,1H3. The Balaban J connectivity index is 2.84. The summed E-state index contributed by atoms with van der Waals surface area (Å²) < 4.78 is 0. The number of hydrogen-bond acceptors (Lipinski definition) is 4. The summed E-state index contributed by atoms with van der Waals surface area (Å²) in [7, 11) is 0. The van der Waals surface area contributed by atoms with Crippen molar-refractivity contribution in [3.63, 3.8) is 0 Å². The molecule has 0 aliphatic carbocycles. The quantitative estimate of drug-likeness (QED) is 0.247. The molecule has 0 saturated heterocycles. The average Bonchev–Trinajstić information content (AvgIpc) is 1.87. The molecule has 0 fully saturated rings. The van der Waals surface area contributed by atoms with E-state index in [1.807, 2.05) is 6.92 Å². The lowest BCUT2D eigenvalue weighted by Crippen LogP contribution is -2.02. The van der Waals surface area contributed by atoms with Crippen LogP contribution < -0.4 is 0 Å². The highest BCUT2D eigenvalue weighted by Crippen LogP contribution is 1.93. The third kappa shape index (κ3) is 7.16. The van der Waals surface area contributed by atoms with Gasteiger partial charge in [0.25, 0.3) is 0 Å². The lowest BCUT2D eigenvalue weighted by Gasteiger charge is -1.96. The van der Waals surface area contributed by atoms with Crippen LogP contribution in [0.4, 0.5) is 0 Å². The first-order valence-corrected chi connectivity index (χ1v) is 3.21. The van der Waals surface area contributed by atoms with Crippen molar-refractivity contribution in [2.45, 2.75) is 26.2 Å². The maximum Gasteiger partial charge on any atom is 0.322 e. The Hall–Kier alpha value is -0.840. The van der Waals surface area contributed by atoms with Crippen LogP contribution >= 0.6 is 0 Å². The van der Waals surface area contributed by atoms with Gasteiger partial charge in [-0.25, -0.2) is 0 Å². The summed E-state index contributed by atoms with van der Waals surface area (Å²) >= 11 is 0. The van der Waals surface area contributed by atoms with E-state index in [2.05, 4.69) is 9.88 Å². The van der Waals surface area contributed by atoms with E-state index >= 15 is 0 Å². The second-order valence-electron chi connectivity index (χ2n) is 1.83. The second-order valence-corrected chi connectivity index (χ2v) is 1.83. The van der Waals surface area contributed by atoms with Crippen molar-refractivity contribution in [3.05, 3.63) is 10.1 Å². The van der Waals surface area contributed by atoms with Crippen molar-refractivity contribution in [1.29, 1.82) is 0 Å². The third-order valence-electron chi connectivity index (χ3n) is 0.945. The topological polar surface area (TPSA) is 61.6 Å². The lowest BCUT2D eigenvalue weighted by molar-refractivity contribution is -0.850. The van der Waals surface area contributed by atoms with Gasteiger partial charge in [0, 0.05) is 0 Å². The fourth-order valence-corrected chi connectivity index (χ4v) is 0.491. The van der Waals surface area contributed by atoms with Gasteiger partial charge in [0.2, 0.25) is 0 Å². The molecule has 10 heavy (non-hydrogen) atoms. The Kier molecular flexibility index (Phi) is 5.75. The molecule has 0 unspecified atom stereocenters. The van der Waals surface area contributed by atoms with Gasteiger partial charge in [-0.05, 0) is 6.42 Å². The van der Waals surface area contributed by atoms with Crippen molar-refractivity contribution in [1.82, 2.24) is 0 Å². The van der Waals surface area contributed by atoms with E-state index in [1.165, 1.54) is 0 Å². The van der Waals surface area contributed by atoms with Crippen LogP contribution in [0.3, 0.4) is 0 Å². The van der Waals surface area contributed by atoms with Crippen molar-refractivity contribution < 1.29 is 15.0 Å². The fourth-order valence-electron chi connectivity index (χ4n) is 0.491. The van der Waals surface area contributed by atoms with Crippen LogP contribution in [0.15, 0.2) is 0 Å². The molecule has 0 bridgehead atoms. The summed E-state index contributed by atoms with van der Waals surface area (Å²) in [6.07, 6.45) is 2.85. The molecule has 0 aromatic heterocycles. The Morgan fingerprint density at radius 3 is 2.70 bits per heavy atom. The molecule has 0 aliphatic heterocycles. The van der Waals surface area contributed by atoms with Crippen LogP contribution in [0, 0.1) is 10.1 Å². The van der Waals surface area contributed by atoms with Gasteiger partial charge >= 0.3 is 5.09 Å². The summed E-state index contributed by atoms with van der Waals surface area (Å²) in [5.41, 5.74) is 0. The van der Waals surface area contributed by atoms with E-state index in [0.29, 0.717) is 0 Å². The summed E-state index contributed by atoms with van der Waals surface area (Å²) in [6.45, 7) is 2.32. The van der Waals surface area contributed by atoms with Crippen LogP contribution in [-0.2, 0) is 9.88 Å². The van der Waals surface area contributed by atoms with Crippen molar-refractivity contribution in [3.8, 4) is 0 Å². The van der Waals surface area contributed by atoms with Crippen LogP contribution in [0.2, 0.25) is 0 Å². The molecule has 0 atom stereocenters. The van der Waals surface area contributed by atoms with Crippen LogP contribution in [0.1, 0.15) is 26.2 Å². The van der Waals surface area contributed by atoms with Crippen LogP contribution in [0.5, 0.6) is 0 Å². The molecule has 0 saturated carbocycles. The Bertz CT molecular complexity index is 95.6. The molecular weight excluding hydrogens is 138 g/mol. The predicted octanol–water partition coefficient (Wildman–Crippen LogP) is 1.32. The maximum absolute atomic E-state index is 9.49. The third-order valence-corrected chi connectivity index (χ3v) is 0.945. The first-order chi connectivity index (χ1) is 4.77. The summed E-state index contributed by atoms with van der Waals surface area (Å²) in [5.74, 6) is 0. The van der Waals surface area contributed by atoms with E-state index in [1.54, 1.807) is 0 Å². The number of nitrogens with zero attached hydrogens (tertiary/aromatic N) is 1. The Morgan fingerprint density at radius 1 is 1.50 bits per heavy atom. The molecule has 0 radical (unpaired) electrons. The first kappa shape index (κ1) is 9.16. The van der Waals surface area contributed by atoms with Crippen molar-refractivity contribution in [2.24, 2.45) is 0 Å².